The lowest BCUT2D eigenvalue weighted by atomic mass is 10.1. The summed E-state index contributed by atoms with van der Waals surface area (Å²) >= 11 is 0. The zero-order chi connectivity index (χ0) is 24.8. The van der Waals surface area contributed by atoms with E-state index in [0.717, 1.165) is 34.8 Å². The Kier molecular flexibility index (Phi) is 5.24. The molecule has 7 rings (SSSR count). The Morgan fingerprint density at radius 3 is 2.76 bits per heavy atom. The van der Waals surface area contributed by atoms with E-state index in [-0.39, 0.29) is 0 Å². The van der Waals surface area contributed by atoms with E-state index in [1.165, 1.54) is 44.1 Å². The molecule has 1 aliphatic rings. The number of H-pyrrole nitrogens is 1. The molecule has 7 heterocycles. The van der Waals surface area contributed by atoms with Crippen molar-refractivity contribution in [2.24, 2.45) is 0 Å². The van der Waals surface area contributed by atoms with Crippen molar-refractivity contribution in [1.29, 1.82) is 0 Å². The molecule has 6 aromatic rings. The first kappa shape index (κ1) is 21.8. The molecule has 1 N–H and O–H groups in total. The molecule has 1 saturated heterocycles. The third-order valence-electron chi connectivity index (χ3n) is 6.94. The van der Waals surface area contributed by atoms with Crippen LogP contribution in [0.1, 0.15) is 30.5 Å². The maximum absolute atomic E-state index is 11.6. The number of hydrogen-bond acceptors (Lipinski definition) is 6. The molecule has 0 amide bonds. The summed E-state index contributed by atoms with van der Waals surface area (Å²) in [7, 11) is 0. The minimum atomic E-state index is -0.485. The monoisotopic (exact) mass is 494 g/mol. The number of rotatable bonds is 6. The molecule has 0 atom stereocenters. The Morgan fingerprint density at radius 1 is 0.973 bits per heavy atom. The predicted molar refractivity (Wildman–Crippen MR) is 139 cm³/mol. The van der Waals surface area contributed by atoms with Gasteiger partial charge in [-0.05, 0) is 49.7 Å². The van der Waals surface area contributed by atoms with Crippen molar-refractivity contribution in [3.05, 3.63) is 89.3 Å². The van der Waals surface area contributed by atoms with Crippen molar-refractivity contribution in [3.8, 4) is 16.9 Å². The number of nitrogens with zero attached hydrogens (tertiary/aromatic N) is 7. The second-order valence-corrected chi connectivity index (χ2v) is 9.64. The first-order valence-corrected chi connectivity index (χ1v) is 12.5. The zero-order valence-electron chi connectivity index (χ0n) is 20.2. The number of fused-ring (bicyclic) bond motifs is 2. The van der Waals surface area contributed by atoms with Gasteiger partial charge in [-0.1, -0.05) is 12.5 Å². The van der Waals surface area contributed by atoms with Crippen LogP contribution in [0.25, 0.3) is 33.8 Å². The number of pyridine rings is 2. The average Bonchev–Trinajstić information content (AvgIpc) is 3.49. The van der Waals surface area contributed by atoms with Crippen LogP contribution < -0.4 is 5.63 Å². The van der Waals surface area contributed by atoms with Crippen LogP contribution in [0.2, 0.25) is 0 Å². The van der Waals surface area contributed by atoms with Gasteiger partial charge in [0, 0.05) is 43.1 Å². The zero-order valence-corrected chi connectivity index (χ0v) is 20.2. The first-order chi connectivity index (χ1) is 18.2. The highest BCUT2D eigenvalue weighted by atomic mass is 16.4. The van der Waals surface area contributed by atoms with E-state index in [0.29, 0.717) is 17.8 Å². The maximum Gasteiger partial charge on any atom is 0.356 e. The quantitative estimate of drug-likeness (QED) is 0.377. The Bertz CT molecular complexity index is 1750. The number of hydrogen-bond donors (Lipinski definition) is 1. The number of likely N-dealkylation sites (tertiary alicyclic amines) is 1. The van der Waals surface area contributed by atoms with Gasteiger partial charge in [0.2, 0.25) is 5.71 Å². The summed E-state index contributed by atoms with van der Waals surface area (Å²) in [6.45, 7) is 4.03. The van der Waals surface area contributed by atoms with E-state index in [1.807, 2.05) is 23.1 Å². The lowest BCUT2D eigenvalue weighted by Gasteiger charge is -2.26. The Balaban J connectivity index is 1.07. The fraction of sp³-hybridized carbons (Fsp3) is 0.259. The number of piperidine rings is 1. The third kappa shape index (κ3) is 4.25. The van der Waals surface area contributed by atoms with Crippen molar-refractivity contribution in [2.75, 3.05) is 13.1 Å². The highest BCUT2D eigenvalue weighted by Crippen LogP contribution is 2.24. The molecule has 0 saturated carbocycles. The van der Waals surface area contributed by atoms with Crippen LogP contribution in [0.4, 0.5) is 0 Å². The molecule has 0 aromatic carbocycles. The molecular formula is C27H26N8O2. The van der Waals surface area contributed by atoms with Gasteiger partial charge in [-0.2, -0.15) is 0 Å². The molecule has 1 fully saturated rings. The van der Waals surface area contributed by atoms with E-state index in [1.54, 1.807) is 23.0 Å². The average molecular weight is 495 g/mol. The minimum absolute atomic E-state index is 0.398. The summed E-state index contributed by atoms with van der Waals surface area (Å²) in [5.41, 5.74) is 6.46. The smallest absolute Gasteiger partial charge is 0.356 e. The van der Waals surface area contributed by atoms with Crippen LogP contribution in [0, 0.1) is 0 Å². The van der Waals surface area contributed by atoms with Crippen molar-refractivity contribution in [1.82, 2.24) is 38.6 Å². The van der Waals surface area contributed by atoms with E-state index >= 15 is 0 Å². The molecule has 10 nitrogen and oxygen atoms in total. The van der Waals surface area contributed by atoms with Gasteiger partial charge in [0.1, 0.15) is 17.4 Å². The molecular weight excluding hydrogens is 468 g/mol. The standard InChI is InChI=1S/C27H26N8O2/c36-26-13-29-23-6-9-35(27(23)37-26)22-10-20(11-28-12-22)24-18-34(31-24)17-21-16-33-15-19(4-5-25(33)30-21)14-32-7-2-1-3-8-32/h4-6,9-13,15-16,18,31H,1-3,7-8,14,17H2. The molecule has 1 aliphatic heterocycles. The van der Waals surface area contributed by atoms with E-state index in [4.69, 9.17) is 9.40 Å². The van der Waals surface area contributed by atoms with Gasteiger partial charge in [0.25, 0.3) is 0 Å². The summed E-state index contributed by atoms with van der Waals surface area (Å²) in [6.07, 6.45) is 16.8. The highest BCUT2D eigenvalue weighted by Gasteiger charge is 2.13. The van der Waals surface area contributed by atoms with Crippen molar-refractivity contribution in [2.45, 2.75) is 32.4 Å². The van der Waals surface area contributed by atoms with Gasteiger partial charge in [-0.3, -0.25) is 24.2 Å². The molecule has 0 spiro atoms. The molecule has 0 unspecified atom stereocenters. The Morgan fingerprint density at radius 2 is 1.86 bits per heavy atom. The summed E-state index contributed by atoms with van der Waals surface area (Å²) < 4.78 is 11.3. The Labute approximate surface area is 211 Å². The molecule has 6 aromatic heterocycles. The SMILES string of the molecule is O=c1cnc2ccn(-c3cncc(-c4cn(Cc5cn6cc(CN7CCCCC7)ccc6n5)[nH]4)c3)c2o1. The van der Waals surface area contributed by atoms with Crippen LogP contribution in [0.5, 0.6) is 0 Å². The third-order valence-corrected chi connectivity index (χ3v) is 6.94. The van der Waals surface area contributed by atoms with Gasteiger partial charge in [-0.25, -0.2) is 14.8 Å². The minimum Gasteiger partial charge on any atom is -0.402 e. The molecule has 186 valence electrons. The lowest BCUT2D eigenvalue weighted by Crippen LogP contribution is -2.29. The summed E-state index contributed by atoms with van der Waals surface area (Å²) in [5.74, 6) is 0. The number of aromatic nitrogens is 7. The Hall–Kier alpha value is -4.44. The van der Waals surface area contributed by atoms with Gasteiger partial charge >= 0.3 is 5.63 Å². The van der Waals surface area contributed by atoms with Gasteiger partial charge in [0.15, 0.2) is 0 Å². The molecule has 37 heavy (non-hydrogen) atoms. The first-order valence-electron chi connectivity index (χ1n) is 12.5. The highest BCUT2D eigenvalue weighted by molar-refractivity contribution is 5.72. The van der Waals surface area contributed by atoms with Gasteiger partial charge in [0.05, 0.1) is 29.8 Å². The number of aromatic amines is 1. The van der Waals surface area contributed by atoms with E-state index in [9.17, 15) is 4.79 Å². The molecule has 0 bridgehead atoms. The van der Waals surface area contributed by atoms with Crippen molar-refractivity contribution in [3.63, 3.8) is 0 Å². The van der Waals surface area contributed by atoms with Crippen LogP contribution in [-0.4, -0.2) is 51.7 Å². The summed E-state index contributed by atoms with van der Waals surface area (Å²) in [6, 6.07) is 8.09. The van der Waals surface area contributed by atoms with Crippen LogP contribution >= 0.6 is 0 Å². The van der Waals surface area contributed by atoms with Crippen LogP contribution in [0.3, 0.4) is 0 Å². The van der Waals surface area contributed by atoms with Crippen LogP contribution in [-0.2, 0) is 13.1 Å². The largest absolute Gasteiger partial charge is 0.402 e. The van der Waals surface area contributed by atoms with Gasteiger partial charge < -0.3 is 8.82 Å². The topological polar surface area (TPSA) is 102 Å². The van der Waals surface area contributed by atoms with Crippen LogP contribution in [0.15, 0.2) is 76.9 Å². The second kappa shape index (κ2) is 8.90. The fourth-order valence-electron chi connectivity index (χ4n) is 5.10. The lowest BCUT2D eigenvalue weighted by molar-refractivity contribution is 0.220. The van der Waals surface area contributed by atoms with Crippen molar-refractivity contribution >= 4 is 16.9 Å². The maximum atomic E-state index is 11.6. The predicted octanol–water partition coefficient (Wildman–Crippen LogP) is 3.85. The summed E-state index contributed by atoms with van der Waals surface area (Å²) in [4.78, 5) is 27.5. The fourth-order valence-corrected chi connectivity index (χ4v) is 5.10. The molecule has 0 aliphatic carbocycles. The normalized spacial score (nSPS) is 14.7. The second-order valence-electron chi connectivity index (χ2n) is 9.64. The summed E-state index contributed by atoms with van der Waals surface area (Å²) in [5, 5.41) is 3.38. The van der Waals surface area contributed by atoms with E-state index in [2.05, 4.69) is 48.9 Å². The van der Waals surface area contributed by atoms with Gasteiger partial charge in [-0.15, -0.1) is 0 Å². The number of imidazole rings is 1. The number of nitrogens with one attached hydrogen (secondary N) is 1. The molecule has 10 heteroatoms. The van der Waals surface area contributed by atoms with Crippen molar-refractivity contribution < 1.29 is 4.42 Å². The molecule has 0 radical (unpaired) electrons. The van der Waals surface area contributed by atoms with E-state index < -0.39 is 5.63 Å².